The van der Waals surface area contributed by atoms with E-state index in [9.17, 15) is 0 Å². The molecule has 0 fully saturated rings. The molecule has 0 aliphatic rings. The summed E-state index contributed by atoms with van der Waals surface area (Å²) in [6, 6.07) is 17.8. The van der Waals surface area contributed by atoms with Crippen LogP contribution in [-0.2, 0) is 0 Å². The van der Waals surface area contributed by atoms with Gasteiger partial charge in [0.1, 0.15) is 5.82 Å². The Kier molecular flexibility index (Phi) is 6.14. The molecule has 0 amide bonds. The van der Waals surface area contributed by atoms with Gasteiger partial charge in [0.25, 0.3) is 0 Å². The number of para-hydroxylation sites is 1. The Hall–Kier alpha value is -2.79. The predicted octanol–water partition coefficient (Wildman–Crippen LogP) is 5.77. The smallest absolute Gasteiger partial charge is 0.229 e. The number of nitrogens with one attached hydrogen (secondary N) is 2. The second kappa shape index (κ2) is 8.73. The highest BCUT2D eigenvalue weighted by molar-refractivity contribution is 6.33. The molecule has 3 aromatic rings. The maximum Gasteiger partial charge on any atom is 0.229 e. The van der Waals surface area contributed by atoms with Crippen LogP contribution in [0.25, 0.3) is 0 Å². The Morgan fingerprint density at radius 2 is 1.63 bits per heavy atom. The van der Waals surface area contributed by atoms with Crippen molar-refractivity contribution < 1.29 is 0 Å². The summed E-state index contributed by atoms with van der Waals surface area (Å²) >= 11 is 6.22. The summed E-state index contributed by atoms with van der Waals surface area (Å²) in [4.78, 5) is 11.3. The van der Waals surface area contributed by atoms with Gasteiger partial charge in [0.15, 0.2) is 0 Å². The van der Waals surface area contributed by atoms with Crippen molar-refractivity contribution in [2.24, 2.45) is 0 Å². The highest BCUT2D eigenvalue weighted by Crippen LogP contribution is 2.25. The van der Waals surface area contributed by atoms with E-state index >= 15 is 0 Å². The van der Waals surface area contributed by atoms with Gasteiger partial charge in [0, 0.05) is 36.2 Å². The van der Waals surface area contributed by atoms with Crippen molar-refractivity contribution in [2.45, 2.75) is 20.8 Å². The molecule has 140 valence electrons. The first-order chi connectivity index (χ1) is 13.1. The molecule has 0 atom stereocenters. The Morgan fingerprint density at radius 1 is 0.926 bits per heavy atom. The summed E-state index contributed by atoms with van der Waals surface area (Å²) in [7, 11) is 0. The topological polar surface area (TPSA) is 53.1 Å². The number of aromatic nitrogens is 2. The van der Waals surface area contributed by atoms with Crippen LogP contribution >= 0.6 is 11.6 Å². The lowest BCUT2D eigenvalue weighted by molar-refractivity contribution is 0.866. The Morgan fingerprint density at radius 3 is 2.30 bits per heavy atom. The number of benzene rings is 2. The molecule has 2 N–H and O–H groups in total. The molecule has 5 nitrogen and oxygen atoms in total. The highest BCUT2D eigenvalue weighted by Gasteiger charge is 2.06. The van der Waals surface area contributed by atoms with Crippen LogP contribution < -0.4 is 15.5 Å². The minimum Gasteiger partial charge on any atom is -0.372 e. The summed E-state index contributed by atoms with van der Waals surface area (Å²) < 4.78 is 0. The third kappa shape index (κ3) is 4.89. The van der Waals surface area contributed by atoms with Gasteiger partial charge in [-0.3, -0.25) is 0 Å². The Bertz CT molecular complexity index is 891. The van der Waals surface area contributed by atoms with Crippen molar-refractivity contribution in [1.29, 1.82) is 0 Å². The van der Waals surface area contributed by atoms with Crippen LogP contribution in [0.4, 0.5) is 28.8 Å². The molecule has 0 saturated heterocycles. The molecule has 3 rings (SSSR count). The fourth-order valence-corrected chi connectivity index (χ4v) is 3.05. The van der Waals surface area contributed by atoms with E-state index in [1.165, 1.54) is 5.69 Å². The number of nitrogens with zero attached hydrogens (tertiary/aromatic N) is 3. The van der Waals surface area contributed by atoms with E-state index in [1.54, 1.807) is 0 Å². The minimum atomic E-state index is 0.542. The van der Waals surface area contributed by atoms with E-state index in [2.05, 4.69) is 51.5 Å². The number of hydrogen-bond donors (Lipinski definition) is 2. The molecular weight excluding hydrogens is 358 g/mol. The van der Waals surface area contributed by atoms with E-state index in [4.69, 9.17) is 11.6 Å². The molecule has 0 spiro atoms. The molecular formula is C21H24ClN5. The van der Waals surface area contributed by atoms with Crippen molar-refractivity contribution in [3.05, 3.63) is 65.3 Å². The summed E-state index contributed by atoms with van der Waals surface area (Å²) in [5.41, 5.74) is 3.82. The normalized spacial score (nSPS) is 10.5. The van der Waals surface area contributed by atoms with Crippen LogP contribution in [0.1, 0.15) is 19.5 Å². The molecule has 0 bridgehead atoms. The van der Waals surface area contributed by atoms with Gasteiger partial charge in [-0.2, -0.15) is 4.98 Å². The maximum atomic E-state index is 6.22. The highest BCUT2D eigenvalue weighted by atomic mass is 35.5. The summed E-state index contributed by atoms with van der Waals surface area (Å²) in [5.74, 6) is 1.23. The number of hydrogen-bond acceptors (Lipinski definition) is 5. The Balaban J connectivity index is 1.77. The summed E-state index contributed by atoms with van der Waals surface area (Å²) in [6.07, 6.45) is 0. The van der Waals surface area contributed by atoms with Crippen molar-refractivity contribution in [1.82, 2.24) is 9.97 Å². The van der Waals surface area contributed by atoms with Gasteiger partial charge in [-0.25, -0.2) is 4.98 Å². The SMILES string of the molecule is CCN(CC)c1ccc(Nc2nc(C)cc(Nc3ccccc3Cl)n2)cc1. The number of aryl methyl sites for hydroxylation is 1. The van der Waals surface area contributed by atoms with Gasteiger partial charge >= 0.3 is 0 Å². The third-order valence-electron chi connectivity index (χ3n) is 4.24. The van der Waals surface area contributed by atoms with E-state index < -0.39 is 0 Å². The molecule has 0 radical (unpaired) electrons. The minimum absolute atomic E-state index is 0.542. The molecule has 27 heavy (non-hydrogen) atoms. The largest absolute Gasteiger partial charge is 0.372 e. The number of rotatable bonds is 7. The molecule has 0 unspecified atom stereocenters. The van der Waals surface area contributed by atoms with Crippen molar-refractivity contribution in [3.8, 4) is 0 Å². The lowest BCUT2D eigenvalue weighted by Gasteiger charge is -2.21. The second-order valence-electron chi connectivity index (χ2n) is 6.17. The first-order valence-electron chi connectivity index (χ1n) is 9.08. The standard InChI is InChI=1S/C21H24ClN5/c1-4-27(5-2)17-12-10-16(11-13-17)24-21-23-15(3)14-20(26-21)25-19-9-7-6-8-18(19)22/h6-14H,4-5H2,1-3H3,(H2,23,24,25,26). The van der Waals surface area contributed by atoms with Crippen LogP contribution in [0.5, 0.6) is 0 Å². The van der Waals surface area contributed by atoms with Gasteiger partial charge in [0.05, 0.1) is 10.7 Å². The summed E-state index contributed by atoms with van der Waals surface area (Å²) in [6.45, 7) is 8.23. The van der Waals surface area contributed by atoms with Gasteiger partial charge in [-0.1, -0.05) is 23.7 Å². The average molecular weight is 382 g/mol. The van der Waals surface area contributed by atoms with Crippen molar-refractivity contribution in [3.63, 3.8) is 0 Å². The molecule has 2 aromatic carbocycles. The fraction of sp³-hybridized carbons (Fsp3) is 0.238. The van der Waals surface area contributed by atoms with Gasteiger partial charge in [-0.05, 0) is 57.2 Å². The van der Waals surface area contributed by atoms with Crippen molar-refractivity contribution in [2.75, 3.05) is 28.6 Å². The van der Waals surface area contributed by atoms with Crippen LogP contribution in [0, 0.1) is 6.92 Å². The molecule has 1 aromatic heterocycles. The zero-order valence-electron chi connectivity index (χ0n) is 15.8. The fourth-order valence-electron chi connectivity index (χ4n) is 2.86. The van der Waals surface area contributed by atoms with E-state index in [1.807, 2.05) is 49.4 Å². The summed E-state index contributed by atoms with van der Waals surface area (Å²) in [5, 5.41) is 7.17. The molecule has 0 aliphatic carbocycles. The maximum absolute atomic E-state index is 6.22. The first kappa shape index (κ1) is 19.0. The molecule has 0 saturated carbocycles. The number of anilines is 5. The van der Waals surface area contributed by atoms with Gasteiger partial charge < -0.3 is 15.5 Å². The van der Waals surface area contributed by atoms with E-state index in [0.717, 1.165) is 30.2 Å². The van der Waals surface area contributed by atoms with E-state index in [-0.39, 0.29) is 0 Å². The van der Waals surface area contributed by atoms with Gasteiger partial charge in [-0.15, -0.1) is 0 Å². The zero-order chi connectivity index (χ0) is 19.2. The molecule has 0 aliphatic heterocycles. The zero-order valence-corrected chi connectivity index (χ0v) is 16.6. The van der Waals surface area contributed by atoms with Crippen LogP contribution in [0.15, 0.2) is 54.6 Å². The average Bonchev–Trinajstić information content (AvgIpc) is 2.65. The quantitative estimate of drug-likeness (QED) is 0.544. The number of halogens is 1. The lowest BCUT2D eigenvalue weighted by atomic mass is 10.2. The lowest BCUT2D eigenvalue weighted by Crippen LogP contribution is -2.21. The predicted molar refractivity (Wildman–Crippen MR) is 115 cm³/mol. The van der Waals surface area contributed by atoms with Crippen LogP contribution in [-0.4, -0.2) is 23.1 Å². The monoisotopic (exact) mass is 381 g/mol. The van der Waals surface area contributed by atoms with E-state index in [0.29, 0.717) is 16.8 Å². The third-order valence-corrected chi connectivity index (χ3v) is 4.57. The second-order valence-corrected chi connectivity index (χ2v) is 6.57. The molecule has 1 heterocycles. The Labute approximate surface area is 165 Å². The van der Waals surface area contributed by atoms with Crippen LogP contribution in [0.3, 0.4) is 0 Å². The van der Waals surface area contributed by atoms with Gasteiger partial charge in [0.2, 0.25) is 5.95 Å². The van der Waals surface area contributed by atoms with Crippen molar-refractivity contribution >= 4 is 40.4 Å². The van der Waals surface area contributed by atoms with Crippen LogP contribution in [0.2, 0.25) is 5.02 Å². The first-order valence-corrected chi connectivity index (χ1v) is 9.46. The molecule has 6 heteroatoms.